The van der Waals surface area contributed by atoms with Crippen LogP contribution in [0.25, 0.3) is 10.2 Å². The van der Waals surface area contributed by atoms with Gasteiger partial charge < -0.3 is 0 Å². The lowest BCUT2D eigenvalue weighted by molar-refractivity contribution is 0.0984. The van der Waals surface area contributed by atoms with E-state index < -0.39 is 0 Å². The van der Waals surface area contributed by atoms with Gasteiger partial charge in [0.25, 0.3) is 5.91 Å². The Morgan fingerprint density at radius 2 is 1.86 bits per heavy atom. The molecule has 6 heteroatoms. The van der Waals surface area contributed by atoms with Gasteiger partial charge in [0.1, 0.15) is 0 Å². The summed E-state index contributed by atoms with van der Waals surface area (Å²) >= 11 is 7.57. The Balaban J connectivity index is 1.79. The zero-order valence-electron chi connectivity index (χ0n) is 15.5. The Morgan fingerprint density at radius 1 is 1.07 bits per heavy atom. The maximum Gasteiger partial charge on any atom is 0.260 e. The molecule has 0 saturated heterocycles. The number of hydrogen-bond donors (Lipinski definition) is 0. The first-order valence-corrected chi connectivity index (χ1v) is 10.1. The number of benzene rings is 2. The summed E-state index contributed by atoms with van der Waals surface area (Å²) < 4.78 is 0.946. The zero-order valence-corrected chi connectivity index (χ0v) is 17.1. The Bertz CT molecular complexity index is 1140. The number of pyridine rings is 1. The van der Waals surface area contributed by atoms with Crippen molar-refractivity contribution >= 4 is 44.2 Å². The lowest BCUT2D eigenvalue weighted by atomic mass is 10.1. The first kappa shape index (κ1) is 18.6. The van der Waals surface area contributed by atoms with Gasteiger partial charge in [-0.05, 0) is 56.3 Å². The number of aryl methyl sites for hydroxylation is 2. The van der Waals surface area contributed by atoms with Crippen LogP contribution in [0.15, 0.2) is 60.8 Å². The van der Waals surface area contributed by atoms with Crippen LogP contribution < -0.4 is 4.90 Å². The molecule has 0 saturated carbocycles. The molecule has 0 spiro atoms. The number of amides is 1. The summed E-state index contributed by atoms with van der Waals surface area (Å²) in [5.41, 5.74) is 4.38. The predicted molar refractivity (Wildman–Crippen MR) is 115 cm³/mol. The molecule has 0 unspecified atom stereocenters. The standard InChI is InChI=1S/C22H18ClN3OS/c1-14-9-15(2)11-16(10-14)21(27)26(13-18-5-3-4-8-24-18)22-25-19-7-6-17(23)12-20(19)28-22/h3-12H,13H2,1-2H3. The normalized spacial score (nSPS) is 11.0. The third kappa shape index (κ3) is 3.91. The second-order valence-corrected chi connectivity index (χ2v) is 8.14. The first-order chi connectivity index (χ1) is 13.5. The highest BCUT2D eigenvalue weighted by Crippen LogP contribution is 2.32. The number of anilines is 1. The fourth-order valence-corrected chi connectivity index (χ4v) is 4.37. The van der Waals surface area contributed by atoms with Crippen molar-refractivity contribution in [2.45, 2.75) is 20.4 Å². The van der Waals surface area contributed by atoms with Gasteiger partial charge in [0.2, 0.25) is 0 Å². The molecule has 2 heterocycles. The third-order valence-electron chi connectivity index (χ3n) is 4.33. The van der Waals surface area contributed by atoms with Crippen molar-refractivity contribution < 1.29 is 4.79 Å². The molecule has 2 aromatic heterocycles. The molecule has 0 fully saturated rings. The molecule has 0 bridgehead atoms. The number of halogens is 1. The van der Waals surface area contributed by atoms with Crippen molar-refractivity contribution in [1.82, 2.24) is 9.97 Å². The monoisotopic (exact) mass is 407 g/mol. The number of fused-ring (bicyclic) bond motifs is 1. The van der Waals surface area contributed by atoms with Gasteiger partial charge in [0, 0.05) is 16.8 Å². The fourth-order valence-electron chi connectivity index (χ4n) is 3.14. The van der Waals surface area contributed by atoms with E-state index in [2.05, 4.69) is 16.0 Å². The molecule has 28 heavy (non-hydrogen) atoms. The van der Waals surface area contributed by atoms with Crippen LogP contribution in [0.5, 0.6) is 0 Å². The van der Waals surface area contributed by atoms with Crippen LogP contribution in [-0.2, 0) is 6.54 Å². The molecule has 0 aliphatic rings. The van der Waals surface area contributed by atoms with E-state index in [1.807, 2.05) is 62.4 Å². The van der Waals surface area contributed by atoms with Gasteiger partial charge in [-0.25, -0.2) is 4.98 Å². The molecular formula is C22H18ClN3OS. The van der Waals surface area contributed by atoms with E-state index in [1.165, 1.54) is 11.3 Å². The lowest BCUT2D eigenvalue weighted by Gasteiger charge is -2.20. The van der Waals surface area contributed by atoms with Gasteiger partial charge in [0.15, 0.2) is 5.13 Å². The summed E-state index contributed by atoms with van der Waals surface area (Å²) in [4.78, 5) is 24.2. The van der Waals surface area contributed by atoms with E-state index in [0.29, 0.717) is 22.3 Å². The second kappa shape index (κ2) is 7.70. The van der Waals surface area contributed by atoms with Gasteiger partial charge >= 0.3 is 0 Å². The van der Waals surface area contributed by atoms with Crippen LogP contribution in [0.1, 0.15) is 27.2 Å². The van der Waals surface area contributed by atoms with Gasteiger partial charge in [0.05, 0.1) is 22.5 Å². The number of thiazole rings is 1. The molecule has 0 N–H and O–H groups in total. The van der Waals surface area contributed by atoms with E-state index in [4.69, 9.17) is 11.6 Å². The van der Waals surface area contributed by atoms with Crippen molar-refractivity contribution in [2.24, 2.45) is 0 Å². The maximum absolute atomic E-state index is 13.4. The van der Waals surface area contributed by atoms with E-state index in [-0.39, 0.29) is 5.91 Å². The van der Waals surface area contributed by atoms with E-state index in [1.54, 1.807) is 11.1 Å². The minimum absolute atomic E-state index is 0.0948. The summed E-state index contributed by atoms with van der Waals surface area (Å²) in [6.07, 6.45) is 1.73. The average Bonchev–Trinajstić information content (AvgIpc) is 3.08. The van der Waals surface area contributed by atoms with Crippen LogP contribution in [0, 0.1) is 13.8 Å². The Hall–Kier alpha value is -2.76. The van der Waals surface area contributed by atoms with Crippen LogP contribution in [0.3, 0.4) is 0 Å². The Morgan fingerprint density at radius 3 is 2.57 bits per heavy atom. The third-order valence-corrected chi connectivity index (χ3v) is 5.61. The summed E-state index contributed by atoms with van der Waals surface area (Å²) in [7, 11) is 0. The molecular weight excluding hydrogens is 390 g/mol. The first-order valence-electron chi connectivity index (χ1n) is 8.86. The molecule has 0 radical (unpaired) electrons. The maximum atomic E-state index is 13.4. The molecule has 0 aliphatic carbocycles. The molecule has 0 aliphatic heterocycles. The highest BCUT2D eigenvalue weighted by Gasteiger charge is 2.22. The highest BCUT2D eigenvalue weighted by molar-refractivity contribution is 7.22. The molecule has 4 aromatic rings. The Labute approximate surface area is 172 Å². The van der Waals surface area contributed by atoms with Gasteiger partial charge in [-0.2, -0.15) is 0 Å². The zero-order chi connectivity index (χ0) is 19.7. The number of aromatic nitrogens is 2. The number of carbonyl (C=O) groups excluding carboxylic acids is 1. The van der Waals surface area contributed by atoms with Crippen molar-refractivity contribution in [1.29, 1.82) is 0 Å². The number of hydrogen-bond acceptors (Lipinski definition) is 4. The SMILES string of the molecule is Cc1cc(C)cc(C(=O)N(Cc2ccccn2)c2nc3ccc(Cl)cc3s2)c1. The van der Waals surface area contributed by atoms with Crippen molar-refractivity contribution in [3.63, 3.8) is 0 Å². The molecule has 2 aromatic carbocycles. The number of rotatable bonds is 4. The van der Waals surface area contributed by atoms with E-state index in [0.717, 1.165) is 27.0 Å². The fraction of sp³-hybridized carbons (Fsp3) is 0.136. The minimum Gasteiger partial charge on any atom is -0.278 e. The van der Waals surface area contributed by atoms with Crippen molar-refractivity contribution in [2.75, 3.05) is 4.90 Å². The largest absolute Gasteiger partial charge is 0.278 e. The number of carbonyl (C=O) groups is 1. The van der Waals surface area contributed by atoms with Gasteiger partial charge in [-0.1, -0.05) is 46.2 Å². The van der Waals surface area contributed by atoms with Crippen LogP contribution in [0.2, 0.25) is 5.02 Å². The van der Waals surface area contributed by atoms with E-state index in [9.17, 15) is 4.79 Å². The molecule has 4 rings (SSSR count). The van der Waals surface area contributed by atoms with Crippen LogP contribution in [0.4, 0.5) is 5.13 Å². The molecule has 1 amide bonds. The van der Waals surface area contributed by atoms with Crippen molar-refractivity contribution in [3.8, 4) is 0 Å². The van der Waals surface area contributed by atoms with E-state index >= 15 is 0 Å². The Kier molecular flexibility index (Phi) is 5.11. The van der Waals surface area contributed by atoms with Gasteiger partial charge in [-0.15, -0.1) is 0 Å². The average molecular weight is 408 g/mol. The predicted octanol–water partition coefficient (Wildman–Crippen LogP) is 5.81. The summed E-state index contributed by atoms with van der Waals surface area (Å²) in [6.45, 7) is 4.33. The molecule has 4 nitrogen and oxygen atoms in total. The van der Waals surface area contributed by atoms with Gasteiger partial charge in [-0.3, -0.25) is 14.7 Å². The topological polar surface area (TPSA) is 46.1 Å². The highest BCUT2D eigenvalue weighted by atomic mass is 35.5. The smallest absolute Gasteiger partial charge is 0.260 e. The molecule has 0 atom stereocenters. The quantitative estimate of drug-likeness (QED) is 0.429. The second-order valence-electron chi connectivity index (χ2n) is 6.70. The van der Waals surface area contributed by atoms with Crippen LogP contribution in [-0.4, -0.2) is 15.9 Å². The minimum atomic E-state index is -0.0948. The summed E-state index contributed by atoms with van der Waals surface area (Å²) in [6, 6.07) is 17.1. The van der Waals surface area contributed by atoms with Crippen molar-refractivity contribution in [3.05, 3.63) is 88.2 Å². The number of nitrogens with zero attached hydrogens (tertiary/aromatic N) is 3. The lowest BCUT2D eigenvalue weighted by Crippen LogP contribution is -2.30. The van der Waals surface area contributed by atoms with Crippen LogP contribution >= 0.6 is 22.9 Å². The molecule has 140 valence electrons. The summed E-state index contributed by atoms with van der Waals surface area (Å²) in [5.74, 6) is -0.0948. The summed E-state index contributed by atoms with van der Waals surface area (Å²) in [5, 5.41) is 1.28.